The molecule has 1 aromatic heterocycles. The third-order valence-electron chi connectivity index (χ3n) is 3.53. The van der Waals surface area contributed by atoms with Crippen molar-refractivity contribution >= 4 is 21.8 Å². The van der Waals surface area contributed by atoms with Gasteiger partial charge in [0, 0.05) is 30.7 Å². The number of ether oxygens (including phenoxy) is 1. The van der Waals surface area contributed by atoms with Crippen molar-refractivity contribution in [2.24, 2.45) is 0 Å². The van der Waals surface area contributed by atoms with E-state index in [1.54, 1.807) is 18.1 Å². The van der Waals surface area contributed by atoms with Gasteiger partial charge < -0.3 is 14.2 Å². The van der Waals surface area contributed by atoms with E-state index in [-0.39, 0.29) is 5.91 Å². The minimum Gasteiger partial charge on any atom is -0.377 e. The minimum absolute atomic E-state index is 0.102. The normalized spacial score (nSPS) is 14.1. The van der Waals surface area contributed by atoms with Crippen molar-refractivity contribution in [3.05, 3.63) is 51.3 Å². The molecule has 0 fully saturated rings. The maximum atomic E-state index is 12.4. The summed E-state index contributed by atoms with van der Waals surface area (Å²) in [4.78, 5) is 14.2. The average molecular weight is 351 g/mol. The fraction of sp³-hybridized carbons (Fsp3) is 0.333. The number of carbonyl (C=O) groups is 1. The van der Waals surface area contributed by atoms with E-state index < -0.39 is 0 Å². The van der Waals surface area contributed by atoms with Crippen LogP contribution in [0.4, 0.5) is 0 Å². The third kappa shape index (κ3) is 3.01. The van der Waals surface area contributed by atoms with Crippen molar-refractivity contribution in [2.75, 3.05) is 13.7 Å². The quantitative estimate of drug-likeness (QED) is 0.853. The first-order valence-electron chi connectivity index (χ1n) is 6.68. The van der Waals surface area contributed by atoms with E-state index in [4.69, 9.17) is 9.26 Å². The van der Waals surface area contributed by atoms with Gasteiger partial charge >= 0.3 is 0 Å². The van der Waals surface area contributed by atoms with Gasteiger partial charge in [0.2, 0.25) is 0 Å². The number of aromatic nitrogens is 1. The van der Waals surface area contributed by atoms with Gasteiger partial charge in [0.05, 0.1) is 0 Å². The summed E-state index contributed by atoms with van der Waals surface area (Å²) >= 11 is 3.47. The minimum atomic E-state index is -0.102. The second kappa shape index (κ2) is 5.99. The summed E-state index contributed by atoms with van der Waals surface area (Å²) in [5, 5.41) is 3.83. The molecule has 1 aromatic carbocycles. The topological polar surface area (TPSA) is 55.6 Å². The molecule has 0 unspecified atom stereocenters. The van der Waals surface area contributed by atoms with Crippen molar-refractivity contribution in [2.45, 2.75) is 19.6 Å². The summed E-state index contributed by atoms with van der Waals surface area (Å²) in [6, 6.07) is 7.81. The maximum Gasteiger partial charge on any atom is 0.276 e. The van der Waals surface area contributed by atoms with E-state index in [2.05, 4.69) is 33.2 Å². The van der Waals surface area contributed by atoms with E-state index in [0.29, 0.717) is 31.2 Å². The smallest absolute Gasteiger partial charge is 0.276 e. The number of rotatable bonds is 3. The second-order valence-electron chi connectivity index (χ2n) is 5.00. The fourth-order valence-corrected chi connectivity index (χ4v) is 2.89. The summed E-state index contributed by atoms with van der Waals surface area (Å²) in [6.45, 7) is 1.61. The number of nitrogens with zero attached hydrogens (tertiary/aromatic N) is 2. The zero-order chi connectivity index (χ0) is 14.8. The SMILES string of the molecule is COCc1cc(C(=O)N2CCc3cc(Br)ccc3C2)no1. The van der Waals surface area contributed by atoms with Crippen LogP contribution < -0.4 is 0 Å². The van der Waals surface area contributed by atoms with Gasteiger partial charge in [-0.3, -0.25) is 4.79 Å². The lowest BCUT2D eigenvalue weighted by atomic mass is 10.00. The van der Waals surface area contributed by atoms with Gasteiger partial charge in [0.1, 0.15) is 6.61 Å². The number of hydrogen-bond donors (Lipinski definition) is 0. The standard InChI is InChI=1S/C15H15BrN2O3/c1-20-9-13-7-14(17-21-13)15(19)18-5-4-10-6-12(16)3-2-11(10)8-18/h2-3,6-7H,4-5,8-9H2,1H3. The van der Waals surface area contributed by atoms with Crippen molar-refractivity contribution in [3.8, 4) is 0 Å². The van der Waals surface area contributed by atoms with Gasteiger partial charge in [-0.15, -0.1) is 0 Å². The van der Waals surface area contributed by atoms with Crippen LogP contribution in [0.5, 0.6) is 0 Å². The molecule has 3 rings (SSSR count). The zero-order valence-electron chi connectivity index (χ0n) is 11.6. The first kappa shape index (κ1) is 14.3. The molecule has 0 atom stereocenters. The molecule has 110 valence electrons. The van der Waals surface area contributed by atoms with E-state index >= 15 is 0 Å². The van der Waals surface area contributed by atoms with E-state index in [9.17, 15) is 4.79 Å². The van der Waals surface area contributed by atoms with Gasteiger partial charge in [-0.05, 0) is 29.7 Å². The molecule has 0 bridgehead atoms. The number of amides is 1. The first-order valence-corrected chi connectivity index (χ1v) is 7.48. The number of hydrogen-bond acceptors (Lipinski definition) is 4. The van der Waals surface area contributed by atoms with Crippen molar-refractivity contribution < 1.29 is 14.1 Å². The Morgan fingerprint density at radius 3 is 3.10 bits per heavy atom. The van der Waals surface area contributed by atoms with Crippen molar-refractivity contribution in [1.29, 1.82) is 0 Å². The highest BCUT2D eigenvalue weighted by Crippen LogP contribution is 2.24. The fourth-order valence-electron chi connectivity index (χ4n) is 2.48. The lowest BCUT2D eigenvalue weighted by Gasteiger charge is -2.28. The lowest BCUT2D eigenvalue weighted by molar-refractivity contribution is 0.0723. The Kier molecular flexibility index (Phi) is 4.07. The van der Waals surface area contributed by atoms with Crippen LogP contribution in [0.1, 0.15) is 27.4 Å². The predicted octanol–water partition coefficient (Wildman–Crippen LogP) is 2.78. The Morgan fingerprint density at radius 2 is 2.29 bits per heavy atom. The van der Waals surface area contributed by atoms with E-state index in [1.165, 1.54) is 11.1 Å². The summed E-state index contributed by atoms with van der Waals surface area (Å²) in [5.74, 6) is 0.455. The molecule has 0 saturated heterocycles. The number of carbonyl (C=O) groups excluding carboxylic acids is 1. The molecule has 0 N–H and O–H groups in total. The maximum absolute atomic E-state index is 12.4. The Hall–Kier alpha value is -1.66. The summed E-state index contributed by atoms with van der Waals surface area (Å²) < 4.78 is 11.1. The van der Waals surface area contributed by atoms with Crippen LogP contribution in [0.2, 0.25) is 0 Å². The molecular weight excluding hydrogens is 336 g/mol. The van der Waals surface area contributed by atoms with Crippen LogP contribution in [-0.4, -0.2) is 29.6 Å². The van der Waals surface area contributed by atoms with Crippen LogP contribution in [0.25, 0.3) is 0 Å². The van der Waals surface area contributed by atoms with Crippen LogP contribution in [-0.2, 0) is 24.3 Å². The highest BCUT2D eigenvalue weighted by molar-refractivity contribution is 9.10. The first-order chi connectivity index (χ1) is 10.2. The third-order valence-corrected chi connectivity index (χ3v) is 4.03. The second-order valence-corrected chi connectivity index (χ2v) is 5.92. The lowest BCUT2D eigenvalue weighted by Crippen LogP contribution is -2.36. The number of benzene rings is 1. The summed E-state index contributed by atoms with van der Waals surface area (Å²) in [7, 11) is 1.57. The molecule has 0 aliphatic carbocycles. The van der Waals surface area contributed by atoms with Gasteiger partial charge in [0.25, 0.3) is 5.91 Å². The predicted molar refractivity (Wildman–Crippen MR) is 79.8 cm³/mol. The highest BCUT2D eigenvalue weighted by Gasteiger charge is 2.24. The Labute approximate surface area is 131 Å². The largest absolute Gasteiger partial charge is 0.377 e. The monoisotopic (exact) mass is 350 g/mol. The molecule has 1 aliphatic rings. The molecule has 6 heteroatoms. The molecule has 1 aliphatic heterocycles. The van der Waals surface area contributed by atoms with Crippen molar-refractivity contribution in [3.63, 3.8) is 0 Å². The molecule has 21 heavy (non-hydrogen) atoms. The van der Waals surface area contributed by atoms with Gasteiger partial charge in [-0.25, -0.2) is 0 Å². The zero-order valence-corrected chi connectivity index (χ0v) is 13.2. The van der Waals surface area contributed by atoms with Crippen molar-refractivity contribution in [1.82, 2.24) is 10.1 Å². The molecule has 0 radical (unpaired) electrons. The number of fused-ring (bicyclic) bond motifs is 1. The van der Waals surface area contributed by atoms with Crippen LogP contribution in [0.3, 0.4) is 0 Å². The molecular formula is C15H15BrN2O3. The summed E-state index contributed by atoms with van der Waals surface area (Å²) in [5.41, 5.74) is 2.80. The van der Waals surface area contributed by atoms with Gasteiger partial charge in [-0.1, -0.05) is 27.2 Å². The molecule has 0 spiro atoms. The number of halogens is 1. The molecule has 5 nitrogen and oxygen atoms in total. The number of methoxy groups -OCH3 is 1. The Bertz CT molecular complexity index is 669. The molecule has 1 amide bonds. The highest BCUT2D eigenvalue weighted by atomic mass is 79.9. The molecule has 0 saturated carbocycles. The Balaban J connectivity index is 1.75. The van der Waals surface area contributed by atoms with Crippen LogP contribution >= 0.6 is 15.9 Å². The van der Waals surface area contributed by atoms with Crippen LogP contribution in [0, 0.1) is 0 Å². The molecule has 2 heterocycles. The van der Waals surface area contributed by atoms with Crippen LogP contribution in [0.15, 0.2) is 33.3 Å². The molecule has 2 aromatic rings. The Morgan fingerprint density at radius 1 is 1.43 bits per heavy atom. The average Bonchev–Trinajstić information content (AvgIpc) is 2.95. The van der Waals surface area contributed by atoms with Gasteiger partial charge in [-0.2, -0.15) is 0 Å². The van der Waals surface area contributed by atoms with E-state index in [1.807, 2.05) is 6.07 Å². The van der Waals surface area contributed by atoms with E-state index in [0.717, 1.165) is 10.9 Å². The van der Waals surface area contributed by atoms with Gasteiger partial charge in [0.15, 0.2) is 11.5 Å². The summed E-state index contributed by atoms with van der Waals surface area (Å²) in [6.07, 6.45) is 0.850.